The highest BCUT2D eigenvalue weighted by molar-refractivity contribution is 5.78. The van der Waals surface area contributed by atoms with Gasteiger partial charge >= 0.3 is 0 Å². The molecule has 0 saturated heterocycles. The Morgan fingerprint density at radius 1 is 1.24 bits per heavy atom. The third-order valence-corrected chi connectivity index (χ3v) is 5.03. The summed E-state index contributed by atoms with van der Waals surface area (Å²) in [5.74, 6) is 0.615. The maximum atomic E-state index is 6.09. The standard InChI is InChI=1S/C17H26N4/c18-16(21-14-7-2-1-3-8-14)20-13-17(10-6-11-17)15-9-4-5-12-19-15/h4-5,9,12,14H,1-3,6-8,10-11,13H2,(H3,18,20,21). The fraction of sp³-hybridized carbons (Fsp3) is 0.647. The number of nitrogens with zero attached hydrogens (tertiary/aromatic N) is 2. The van der Waals surface area contributed by atoms with Crippen LogP contribution < -0.4 is 11.1 Å². The molecular weight excluding hydrogens is 260 g/mol. The summed E-state index contributed by atoms with van der Waals surface area (Å²) in [4.78, 5) is 9.17. The molecule has 0 aliphatic heterocycles. The van der Waals surface area contributed by atoms with E-state index in [1.807, 2.05) is 12.3 Å². The van der Waals surface area contributed by atoms with Gasteiger partial charge in [-0.2, -0.15) is 0 Å². The van der Waals surface area contributed by atoms with Crippen molar-refractivity contribution >= 4 is 5.96 Å². The molecule has 2 aliphatic rings. The zero-order chi connectivity index (χ0) is 14.5. The Kier molecular flexibility index (Phi) is 4.42. The highest BCUT2D eigenvalue weighted by Gasteiger charge is 2.39. The topological polar surface area (TPSA) is 63.3 Å². The van der Waals surface area contributed by atoms with Crippen LogP contribution in [-0.2, 0) is 5.41 Å². The molecule has 0 spiro atoms. The zero-order valence-corrected chi connectivity index (χ0v) is 12.7. The molecule has 0 radical (unpaired) electrons. The lowest BCUT2D eigenvalue weighted by Gasteiger charge is -2.40. The lowest BCUT2D eigenvalue weighted by atomic mass is 9.66. The van der Waals surface area contributed by atoms with Gasteiger partial charge in [-0.25, -0.2) is 0 Å². The molecule has 0 bridgehead atoms. The second-order valence-electron chi connectivity index (χ2n) is 6.53. The van der Waals surface area contributed by atoms with Gasteiger partial charge in [0.25, 0.3) is 0 Å². The van der Waals surface area contributed by atoms with Crippen LogP contribution in [0.3, 0.4) is 0 Å². The van der Waals surface area contributed by atoms with Gasteiger partial charge in [0.1, 0.15) is 0 Å². The van der Waals surface area contributed by atoms with Gasteiger partial charge in [-0.05, 0) is 37.8 Å². The summed E-state index contributed by atoms with van der Waals surface area (Å²) in [6.45, 7) is 0.759. The predicted octanol–water partition coefficient (Wildman–Crippen LogP) is 2.74. The van der Waals surface area contributed by atoms with Crippen molar-refractivity contribution < 1.29 is 0 Å². The van der Waals surface area contributed by atoms with E-state index in [1.165, 1.54) is 57.1 Å². The van der Waals surface area contributed by atoms with Crippen molar-refractivity contribution in [2.45, 2.75) is 62.8 Å². The second-order valence-corrected chi connectivity index (χ2v) is 6.53. The first kappa shape index (κ1) is 14.4. The average Bonchev–Trinajstić information content (AvgIpc) is 2.48. The van der Waals surface area contributed by atoms with Gasteiger partial charge in [0.15, 0.2) is 5.96 Å². The Hall–Kier alpha value is -1.58. The van der Waals surface area contributed by atoms with Gasteiger partial charge in [0, 0.05) is 23.3 Å². The first-order valence-corrected chi connectivity index (χ1v) is 8.26. The highest BCUT2D eigenvalue weighted by Crippen LogP contribution is 2.42. The van der Waals surface area contributed by atoms with Crippen molar-refractivity contribution in [1.29, 1.82) is 0 Å². The number of rotatable bonds is 4. The molecule has 21 heavy (non-hydrogen) atoms. The van der Waals surface area contributed by atoms with Crippen molar-refractivity contribution in [3.05, 3.63) is 30.1 Å². The van der Waals surface area contributed by atoms with E-state index in [2.05, 4.69) is 27.4 Å². The minimum Gasteiger partial charge on any atom is -0.370 e. The van der Waals surface area contributed by atoms with Crippen LogP contribution in [0, 0.1) is 0 Å². The van der Waals surface area contributed by atoms with Crippen LogP contribution >= 0.6 is 0 Å². The van der Waals surface area contributed by atoms with Crippen LogP contribution in [0.25, 0.3) is 0 Å². The summed E-state index contributed by atoms with van der Waals surface area (Å²) < 4.78 is 0. The number of nitrogens with one attached hydrogen (secondary N) is 1. The minimum atomic E-state index is 0.125. The molecule has 0 unspecified atom stereocenters. The van der Waals surface area contributed by atoms with E-state index in [0.29, 0.717) is 12.0 Å². The number of nitrogens with two attached hydrogens (primary N) is 1. The van der Waals surface area contributed by atoms with Crippen molar-refractivity contribution in [2.24, 2.45) is 10.7 Å². The fourth-order valence-corrected chi connectivity index (χ4v) is 3.51. The van der Waals surface area contributed by atoms with Crippen molar-refractivity contribution in [2.75, 3.05) is 6.54 Å². The smallest absolute Gasteiger partial charge is 0.188 e. The van der Waals surface area contributed by atoms with Crippen LogP contribution in [0.15, 0.2) is 29.4 Å². The van der Waals surface area contributed by atoms with Gasteiger partial charge in [-0.1, -0.05) is 31.7 Å². The number of guanidine groups is 1. The van der Waals surface area contributed by atoms with Gasteiger partial charge in [-0.15, -0.1) is 0 Å². The molecule has 0 amide bonds. The Balaban J connectivity index is 1.60. The largest absolute Gasteiger partial charge is 0.370 e. The van der Waals surface area contributed by atoms with Crippen LogP contribution in [-0.4, -0.2) is 23.5 Å². The van der Waals surface area contributed by atoms with Crippen molar-refractivity contribution in [1.82, 2.24) is 10.3 Å². The summed E-state index contributed by atoms with van der Waals surface area (Å²) in [6.07, 6.45) is 11.9. The summed E-state index contributed by atoms with van der Waals surface area (Å²) in [5.41, 5.74) is 7.38. The highest BCUT2D eigenvalue weighted by atomic mass is 15.1. The Morgan fingerprint density at radius 2 is 2.05 bits per heavy atom. The number of hydrogen-bond donors (Lipinski definition) is 2. The summed E-state index contributed by atoms with van der Waals surface area (Å²) in [7, 11) is 0. The molecule has 4 heteroatoms. The maximum absolute atomic E-state index is 6.09. The molecule has 0 atom stereocenters. The summed E-state index contributed by atoms with van der Waals surface area (Å²) in [5, 5.41) is 3.40. The first-order chi connectivity index (χ1) is 10.3. The monoisotopic (exact) mass is 286 g/mol. The number of aromatic nitrogens is 1. The van der Waals surface area contributed by atoms with Gasteiger partial charge in [0.05, 0.1) is 6.54 Å². The van der Waals surface area contributed by atoms with Crippen LogP contribution in [0.1, 0.15) is 57.1 Å². The molecule has 114 valence electrons. The molecular formula is C17H26N4. The number of hydrogen-bond acceptors (Lipinski definition) is 2. The van der Waals surface area contributed by atoms with Crippen molar-refractivity contribution in [3.63, 3.8) is 0 Å². The van der Waals surface area contributed by atoms with Crippen LogP contribution in [0.2, 0.25) is 0 Å². The molecule has 2 fully saturated rings. The quantitative estimate of drug-likeness (QED) is 0.661. The van der Waals surface area contributed by atoms with E-state index < -0.39 is 0 Å². The zero-order valence-electron chi connectivity index (χ0n) is 12.7. The van der Waals surface area contributed by atoms with Gasteiger partial charge in [-0.3, -0.25) is 9.98 Å². The molecule has 2 aliphatic carbocycles. The molecule has 3 rings (SSSR count). The van der Waals surface area contributed by atoms with E-state index >= 15 is 0 Å². The van der Waals surface area contributed by atoms with Gasteiger partial charge in [0.2, 0.25) is 0 Å². The third kappa shape index (κ3) is 3.36. The number of pyridine rings is 1. The predicted molar refractivity (Wildman–Crippen MR) is 86.3 cm³/mol. The van der Waals surface area contributed by atoms with Crippen LogP contribution in [0.5, 0.6) is 0 Å². The molecule has 1 heterocycles. The van der Waals surface area contributed by atoms with E-state index in [-0.39, 0.29) is 5.41 Å². The second kappa shape index (κ2) is 6.46. The van der Waals surface area contributed by atoms with E-state index in [0.717, 1.165) is 6.54 Å². The Morgan fingerprint density at radius 3 is 2.67 bits per heavy atom. The van der Waals surface area contributed by atoms with E-state index in [4.69, 9.17) is 5.73 Å². The first-order valence-electron chi connectivity index (χ1n) is 8.26. The molecule has 1 aromatic heterocycles. The molecule has 0 aromatic carbocycles. The number of aliphatic imine (C=N–C) groups is 1. The fourth-order valence-electron chi connectivity index (χ4n) is 3.51. The van der Waals surface area contributed by atoms with E-state index in [1.54, 1.807) is 0 Å². The van der Waals surface area contributed by atoms with Gasteiger partial charge < -0.3 is 11.1 Å². The lowest BCUT2D eigenvalue weighted by Crippen LogP contribution is -2.43. The minimum absolute atomic E-state index is 0.125. The third-order valence-electron chi connectivity index (χ3n) is 5.03. The SMILES string of the molecule is NC(=NCC1(c2ccccn2)CCC1)NC1CCCCC1. The maximum Gasteiger partial charge on any atom is 0.188 e. The van der Waals surface area contributed by atoms with E-state index in [9.17, 15) is 0 Å². The molecule has 3 N–H and O–H groups in total. The Labute approximate surface area is 127 Å². The summed E-state index contributed by atoms with van der Waals surface area (Å²) in [6, 6.07) is 6.68. The average molecular weight is 286 g/mol. The van der Waals surface area contributed by atoms with Crippen molar-refractivity contribution in [3.8, 4) is 0 Å². The Bertz CT molecular complexity index is 473. The molecule has 1 aromatic rings. The molecule has 2 saturated carbocycles. The summed E-state index contributed by atoms with van der Waals surface area (Å²) >= 11 is 0. The lowest BCUT2D eigenvalue weighted by molar-refractivity contribution is 0.246. The van der Waals surface area contributed by atoms with Crippen LogP contribution in [0.4, 0.5) is 0 Å². The molecule has 4 nitrogen and oxygen atoms in total. The normalized spacial score (nSPS) is 22.6.